The predicted octanol–water partition coefficient (Wildman–Crippen LogP) is 1.96. The van der Waals surface area contributed by atoms with Gasteiger partial charge in [-0.1, -0.05) is 0 Å². The Balaban J connectivity index is 3.17. The fraction of sp³-hybridized carbons (Fsp3) is 0.500. The molecule has 0 aliphatic carbocycles. The fourth-order valence-electron chi connectivity index (χ4n) is 1.88. The molecule has 1 aromatic heterocycles. The van der Waals surface area contributed by atoms with Crippen LogP contribution in [0.2, 0.25) is 0 Å². The van der Waals surface area contributed by atoms with Gasteiger partial charge in [0.1, 0.15) is 0 Å². The lowest BCUT2D eigenvalue weighted by Gasteiger charge is -2.15. The number of aryl methyl sites for hydroxylation is 1. The molecule has 1 amide bonds. The highest BCUT2D eigenvalue weighted by Gasteiger charge is 2.17. The number of rotatable bonds is 2. The van der Waals surface area contributed by atoms with Crippen molar-refractivity contribution in [3.8, 4) is 0 Å². The Morgan fingerprint density at radius 2 is 1.88 bits per heavy atom. The maximum Gasteiger partial charge on any atom is 0.227 e. The SMILES string of the molecule is CC(=O)NC(C)c1cc(C)c(C)n1C(C)=O. The first-order valence-corrected chi connectivity index (χ1v) is 5.31. The summed E-state index contributed by atoms with van der Waals surface area (Å²) in [4.78, 5) is 22.5. The van der Waals surface area contributed by atoms with E-state index in [1.165, 1.54) is 13.8 Å². The van der Waals surface area contributed by atoms with Gasteiger partial charge < -0.3 is 5.32 Å². The zero-order valence-electron chi connectivity index (χ0n) is 10.4. The molecule has 0 bridgehead atoms. The minimum absolute atomic E-state index is 0.0298. The molecule has 0 fully saturated rings. The van der Waals surface area contributed by atoms with Crippen molar-refractivity contribution in [3.63, 3.8) is 0 Å². The number of hydrogen-bond donors (Lipinski definition) is 1. The molecule has 0 spiro atoms. The van der Waals surface area contributed by atoms with Crippen molar-refractivity contribution in [1.29, 1.82) is 0 Å². The van der Waals surface area contributed by atoms with Crippen LogP contribution in [0.4, 0.5) is 0 Å². The minimum atomic E-state index is -0.159. The molecule has 1 atom stereocenters. The normalized spacial score (nSPS) is 12.3. The van der Waals surface area contributed by atoms with Gasteiger partial charge in [0.15, 0.2) is 0 Å². The third-order valence-electron chi connectivity index (χ3n) is 2.71. The second-order valence-corrected chi connectivity index (χ2v) is 4.11. The minimum Gasteiger partial charge on any atom is -0.348 e. The third-order valence-corrected chi connectivity index (χ3v) is 2.71. The highest BCUT2D eigenvalue weighted by molar-refractivity contribution is 5.79. The quantitative estimate of drug-likeness (QED) is 0.831. The van der Waals surface area contributed by atoms with Crippen LogP contribution in [0.25, 0.3) is 0 Å². The van der Waals surface area contributed by atoms with E-state index in [2.05, 4.69) is 5.32 Å². The summed E-state index contributed by atoms with van der Waals surface area (Å²) in [5.74, 6) is -0.128. The Labute approximate surface area is 95.6 Å². The van der Waals surface area contributed by atoms with Crippen LogP contribution in [0.5, 0.6) is 0 Å². The summed E-state index contributed by atoms with van der Waals surface area (Å²) in [7, 11) is 0. The van der Waals surface area contributed by atoms with Crippen LogP contribution < -0.4 is 5.32 Å². The lowest BCUT2D eigenvalue weighted by Crippen LogP contribution is -2.27. The van der Waals surface area contributed by atoms with Crippen LogP contribution in [0, 0.1) is 13.8 Å². The van der Waals surface area contributed by atoms with Gasteiger partial charge in [-0.25, -0.2) is 0 Å². The van der Waals surface area contributed by atoms with E-state index in [1.807, 2.05) is 26.8 Å². The lowest BCUT2D eigenvalue weighted by molar-refractivity contribution is -0.119. The van der Waals surface area contributed by atoms with Crippen molar-refractivity contribution in [1.82, 2.24) is 9.88 Å². The summed E-state index contributed by atoms with van der Waals surface area (Å²) in [6.07, 6.45) is 0. The number of aromatic nitrogens is 1. The summed E-state index contributed by atoms with van der Waals surface area (Å²) in [6, 6.07) is 1.78. The zero-order chi connectivity index (χ0) is 12.5. The molecule has 0 aliphatic rings. The molecule has 1 unspecified atom stereocenters. The molecule has 4 nitrogen and oxygen atoms in total. The van der Waals surface area contributed by atoms with E-state index in [0.717, 1.165) is 17.0 Å². The summed E-state index contributed by atoms with van der Waals surface area (Å²) in [5.41, 5.74) is 2.82. The Bertz CT molecular complexity index is 432. The molecule has 1 N–H and O–H groups in total. The average molecular weight is 222 g/mol. The summed E-state index contributed by atoms with van der Waals surface area (Å²) in [6.45, 7) is 8.72. The molecular formula is C12H18N2O2. The highest BCUT2D eigenvalue weighted by Crippen LogP contribution is 2.20. The van der Waals surface area contributed by atoms with E-state index in [9.17, 15) is 9.59 Å². The molecule has 0 aliphatic heterocycles. The maximum absolute atomic E-state index is 11.5. The summed E-state index contributed by atoms with van der Waals surface area (Å²) in [5, 5.41) is 2.78. The van der Waals surface area contributed by atoms with E-state index in [-0.39, 0.29) is 17.9 Å². The first-order valence-electron chi connectivity index (χ1n) is 5.31. The van der Waals surface area contributed by atoms with Crippen LogP contribution in [-0.2, 0) is 4.79 Å². The monoisotopic (exact) mass is 222 g/mol. The molecule has 0 radical (unpaired) electrons. The van der Waals surface area contributed by atoms with Crippen molar-refractivity contribution in [3.05, 3.63) is 23.0 Å². The molecule has 0 aromatic carbocycles. The fourth-order valence-corrected chi connectivity index (χ4v) is 1.88. The molecule has 1 heterocycles. The van der Waals surface area contributed by atoms with E-state index in [0.29, 0.717) is 0 Å². The van der Waals surface area contributed by atoms with E-state index < -0.39 is 0 Å². The number of carbonyl (C=O) groups excluding carboxylic acids is 2. The molecule has 0 saturated heterocycles. The number of amides is 1. The Kier molecular flexibility index (Phi) is 3.52. The lowest BCUT2D eigenvalue weighted by atomic mass is 10.2. The number of hydrogen-bond acceptors (Lipinski definition) is 2. The largest absolute Gasteiger partial charge is 0.348 e. The van der Waals surface area contributed by atoms with Crippen LogP contribution in [0.1, 0.15) is 48.6 Å². The van der Waals surface area contributed by atoms with Crippen LogP contribution in [0.15, 0.2) is 6.07 Å². The first-order chi connectivity index (χ1) is 7.34. The number of carbonyl (C=O) groups is 2. The molecule has 1 aromatic rings. The van der Waals surface area contributed by atoms with Gasteiger partial charge in [0.2, 0.25) is 11.8 Å². The topological polar surface area (TPSA) is 51.1 Å². The van der Waals surface area contributed by atoms with Crippen LogP contribution in [0.3, 0.4) is 0 Å². The Morgan fingerprint density at radius 1 is 1.31 bits per heavy atom. The summed E-state index contributed by atoms with van der Waals surface area (Å²) >= 11 is 0. The van der Waals surface area contributed by atoms with Gasteiger partial charge in [-0.15, -0.1) is 0 Å². The summed E-state index contributed by atoms with van der Waals surface area (Å²) < 4.78 is 1.65. The number of nitrogens with zero attached hydrogens (tertiary/aromatic N) is 1. The van der Waals surface area contributed by atoms with Crippen LogP contribution >= 0.6 is 0 Å². The van der Waals surface area contributed by atoms with Crippen molar-refractivity contribution in [2.45, 2.75) is 40.7 Å². The van der Waals surface area contributed by atoms with Gasteiger partial charge in [0.25, 0.3) is 0 Å². The number of nitrogens with one attached hydrogen (secondary N) is 1. The third kappa shape index (κ3) is 2.32. The van der Waals surface area contributed by atoms with Crippen molar-refractivity contribution in [2.75, 3.05) is 0 Å². The average Bonchev–Trinajstić information content (AvgIpc) is 2.42. The molecule has 4 heteroatoms. The highest BCUT2D eigenvalue weighted by atomic mass is 16.2. The first kappa shape index (κ1) is 12.5. The van der Waals surface area contributed by atoms with Gasteiger partial charge >= 0.3 is 0 Å². The molecule has 1 rings (SSSR count). The van der Waals surface area contributed by atoms with Gasteiger partial charge in [-0.2, -0.15) is 0 Å². The molecule has 16 heavy (non-hydrogen) atoms. The van der Waals surface area contributed by atoms with Gasteiger partial charge in [-0.05, 0) is 32.4 Å². The van der Waals surface area contributed by atoms with E-state index >= 15 is 0 Å². The standard InChI is InChI=1S/C12H18N2O2/c1-7-6-12(8(2)13-10(4)15)14(9(7)3)11(5)16/h6,8H,1-5H3,(H,13,15). The van der Waals surface area contributed by atoms with E-state index in [1.54, 1.807) is 4.57 Å². The zero-order valence-corrected chi connectivity index (χ0v) is 10.4. The Morgan fingerprint density at radius 3 is 2.31 bits per heavy atom. The van der Waals surface area contributed by atoms with Gasteiger partial charge in [0.05, 0.1) is 6.04 Å². The molecular weight excluding hydrogens is 204 g/mol. The Hall–Kier alpha value is -1.58. The van der Waals surface area contributed by atoms with Crippen LogP contribution in [-0.4, -0.2) is 16.4 Å². The van der Waals surface area contributed by atoms with Gasteiger partial charge in [-0.3, -0.25) is 14.2 Å². The molecule has 88 valence electrons. The predicted molar refractivity (Wildman–Crippen MR) is 62.4 cm³/mol. The van der Waals surface area contributed by atoms with Crippen molar-refractivity contribution < 1.29 is 9.59 Å². The van der Waals surface area contributed by atoms with E-state index in [4.69, 9.17) is 0 Å². The second kappa shape index (κ2) is 4.51. The van der Waals surface area contributed by atoms with Crippen molar-refractivity contribution in [2.24, 2.45) is 0 Å². The van der Waals surface area contributed by atoms with Crippen molar-refractivity contribution >= 4 is 11.8 Å². The maximum atomic E-state index is 11.5. The smallest absolute Gasteiger partial charge is 0.227 e. The second-order valence-electron chi connectivity index (χ2n) is 4.11. The van der Waals surface area contributed by atoms with Gasteiger partial charge in [0, 0.05) is 25.2 Å². The molecule has 0 saturated carbocycles.